The molecule has 206 valence electrons. The number of nitrogens with zero attached hydrogens (tertiary/aromatic N) is 2. The molecule has 1 atom stereocenters. The van der Waals surface area contributed by atoms with E-state index in [1.165, 1.54) is 0 Å². The molecule has 6 nitrogen and oxygen atoms in total. The van der Waals surface area contributed by atoms with Gasteiger partial charge in [0.2, 0.25) is 5.91 Å². The number of ether oxygens (including phenoxy) is 1. The van der Waals surface area contributed by atoms with E-state index < -0.39 is 11.0 Å². The van der Waals surface area contributed by atoms with Crippen LogP contribution in [0.5, 0.6) is 5.75 Å². The monoisotopic (exact) mass is 543 g/mol. The molecule has 4 aromatic carbocycles. The van der Waals surface area contributed by atoms with Gasteiger partial charge in [-0.1, -0.05) is 61.5 Å². The third-order valence-corrected chi connectivity index (χ3v) is 7.85. The molecule has 1 heterocycles. The Morgan fingerprint density at radius 3 is 2.20 bits per heavy atom. The van der Waals surface area contributed by atoms with Crippen molar-refractivity contribution in [2.75, 3.05) is 16.8 Å². The zero-order chi connectivity index (χ0) is 29.2. The highest BCUT2D eigenvalue weighted by molar-refractivity contribution is 6.05. The molecule has 0 aliphatic carbocycles. The summed E-state index contributed by atoms with van der Waals surface area (Å²) in [6.45, 7) is 7.90. The first-order valence-corrected chi connectivity index (χ1v) is 13.6. The molecule has 5 rings (SSSR count). The van der Waals surface area contributed by atoms with Gasteiger partial charge in [-0.05, 0) is 85.0 Å². The molecule has 1 unspecified atom stereocenters. The van der Waals surface area contributed by atoms with E-state index in [4.69, 9.17) is 10.00 Å². The molecule has 41 heavy (non-hydrogen) atoms. The number of hydrogen-bond acceptors (Lipinski definition) is 4. The molecule has 6 heteroatoms. The fraction of sp³-hybridized carbons (Fsp3) is 0.229. The van der Waals surface area contributed by atoms with Crippen molar-refractivity contribution in [2.45, 2.75) is 45.1 Å². The maximum Gasteiger partial charge on any atom is 0.255 e. The summed E-state index contributed by atoms with van der Waals surface area (Å²) in [4.78, 5) is 28.0. The lowest BCUT2D eigenvalue weighted by atomic mass is 9.65. The SMILES string of the molecule is CC(=O)N1c2ccc(NC(=O)c3ccc(-c4ccccc4)cc3)cc2C(C)(c2ccc(OCC#N)cc2)CC1(C)C. The number of fused-ring (bicyclic) bond motifs is 1. The number of rotatable bonds is 6. The number of anilines is 2. The predicted molar refractivity (Wildman–Crippen MR) is 162 cm³/mol. The molecule has 2 amide bonds. The summed E-state index contributed by atoms with van der Waals surface area (Å²) in [5.41, 5.74) is 5.28. The van der Waals surface area contributed by atoms with E-state index in [-0.39, 0.29) is 18.4 Å². The van der Waals surface area contributed by atoms with Gasteiger partial charge in [0, 0.05) is 34.8 Å². The molecule has 0 saturated heterocycles. The Morgan fingerprint density at radius 1 is 0.902 bits per heavy atom. The van der Waals surface area contributed by atoms with E-state index in [0.29, 0.717) is 23.4 Å². The van der Waals surface area contributed by atoms with E-state index >= 15 is 0 Å². The van der Waals surface area contributed by atoms with Crippen molar-refractivity contribution < 1.29 is 14.3 Å². The van der Waals surface area contributed by atoms with Crippen LogP contribution < -0.4 is 15.0 Å². The first-order valence-electron chi connectivity index (χ1n) is 13.6. The Labute approximate surface area is 241 Å². The summed E-state index contributed by atoms with van der Waals surface area (Å²) in [5.74, 6) is 0.387. The van der Waals surface area contributed by atoms with Crippen LogP contribution in [0, 0.1) is 11.3 Å². The summed E-state index contributed by atoms with van der Waals surface area (Å²) < 4.78 is 5.47. The molecule has 4 aromatic rings. The van der Waals surface area contributed by atoms with Gasteiger partial charge in [0.25, 0.3) is 5.91 Å². The van der Waals surface area contributed by atoms with Crippen LogP contribution >= 0.6 is 0 Å². The fourth-order valence-electron chi connectivity index (χ4n) is 6.15. The van der Waals surface area contributed by atoms with Gasteiger partial charge in [-0.2, -0.15) is 5.26 Å². The number of carbonyl (C=O) groups is 2. The second kappa shape index (κ2) is 10.9. The van der Waals surface area contributed by atoms with Crippen LogP contribution in [0.1, 0.15) is 55.6 Å². The van der Waals surface area contributed by atoms with Crippen molar-refractivity contribution in [1.82, 2.24) is 0 Å². The number of benzene rings is 4. The maximum absolute atomic E-state index is 13.2. The largest absolute Gasteiger partial charge is 0.479 e. The standard InChI is InChI=1S/C35H33N3O3/c1-24(39)38-32-19-16-29(37-33(40)27-12-10-26(11-13-27)25-8-6-5-7-9-25)22-31(32)35(4,23-34(38,2)3)28-14-17-30(18-15-28)41-21-20-36/h5-19,22H,21,23H2,1-4H3,(H,37,40). The van der Waals surface area contributed by atoms with Crippen molar-refractivity contribution in [3.05, 3.63) is 114 Å². The molecule has 1 aliphatic heterocycles. The minimum absolute atomic E-state index is 0.0158. The number of hydrogen-bond donors (Lipinski definition) is 1. The summed E-state index contributed by atoms with van der Waals surface area (Å²) >= 11 is 0. The van der Waals surface area contributed by atoms with Crippen LogP contribution in [-0.2, 0) is 10.2 Å². The molecule has 1 N–H and O–H groups in total. The number of carbonyl (C=O) groups excluding carboxylic acids is 2. The number of nitriles is 1. The average molecular weight is 544 g/mol. The molecule has 0 fully saturated rings. The van der Waals surface area contributed by atoms with Gasteiger partial charge in [-0.25, -0.2) is 0 Å². The van der Waals surface area contributed by atoms with Crippen LogP contribution in [0.25, 0.3) is 11.1 Å². The Hall–Kier alpha value is -4.89. The van der Waals surface area contributed by atoms with Crippen molar-refractivity contribution in [2.24, 2.45) is 0 Å². The predicted octanol–water partition coefficient (Wildman–Crippen LogP) is 7.35. The molecule has 0 aromatic heterocycles. The first kappa shape index (κ1) is 27.7. The molecule has 0 saturated carbocycles. The highest BCUT2D eigenvalue weighted by Crippen LogP contribution is 2.51. The third-order valence-electron chi connectivity index (χ3n) is 7.85. The van der Waals surface area contributed by atoms with Crippen molar-refractivity contribution in [3.63, 3.8) is 0 Å². The van der Waals surface area contributed by atoms with E-state index in [0.717, 1.165) is 27.9 Å². The summed E-state index contributed by atoms with van der Waals surface area (Å²) in [6.07, 6.45) is 0.670. The molecule has 0 radical (unpaired) electrons. The van der Waals surface area contributed by atoms with Crippen molar-refractivity contribution >= 4 is 23.2 Å². The topological polar surface area (TPSA) is 82.4 Å². The quantitative estimate of drug-likeness (QED) is 0.276. The van der Waals surface area contributed by atoms with Crippen LogP contribution in [0.4, 0.5) is 11.4 Å². The molecule has 0 spiro atoms. The second-order valence-corrected chi connectivity index (χ2v) is 11.3. The number of nitrogens with one attached hydrogen (secondary N) is 1. The molecule has 0 bridgehead atoms. The van der Waals surface area contributed by atoms with Crippen LogP contribution in [-0.4, -0.2) is 24.0 Å². The Kier molecular flexibility index (Phi) is 7.38. The normalized spacial score (nSPS) is 17.2. The first-order chi connectivity index (χ1) is 19.6. The van der Waals surface area contributed by atoms with Crippen LogP contribution in [0.3, 0.4) is 0 Å². The van der Waals surface area contributed by atoms with E-state index in [9.17, 15) is 9.59 Å². The van der Waals surface area contributed by atoms with Gasteiger partial charge in [-0.15, -0.1) is 0 Å². The van der Waals surface area contributed by atoms with E-state index in [1.54, 1.807) is 6.92 Å². The smallest absolute Gasteiger partial charge is 0.255 e. The van der Waals surface area contributed by atoms with Gasteiger partial charge in [-0.3, -0.25) is 9.59 Å². The lowest BCUT2D eigenvalue weighted by Crippen LogP contribution is -2.55. The lowest BCUT2D eigenvalue weighted by molar-refractivity contribution is -0.117. The van der Waals surface area contributed by atoms with Crippen molar-refractivity contribution in [3.8, 4) is 22.9 Å². The number of amides is 2. The van der Waals surface area contributed by atoms with Gasteiger partial charge < -0.3 is 15.0 Å². The summed E-state index contributed by atoms with van der Waals surface area (Å²) in [7, 11) is 0. The fourth-order valence-corrected chi connectivity index (χ4v) is 6.15. The Morgan fingerprint density at radius 2 is 1.56 bits per heavy atom. The highest BCUT2D eigenvalue weighted by atomic mass is 16.5. The van der Waals surface area contributed by atoms with E-state index in [2.05, 4.69) is 26.1 Å². The third kappa shape index (κ3) is 5.44. The van der Waals surface area contributed by atoms with Gasteiger partial charge in [0.15, 0.2) is 6.61 Å². The zero-order valence-electron chi connectivity index (χ0n) is 23.8. The van der Waals surface area contributed by atoms with Gasteiger partial charge >= 0.3 is 0 Å². The average Bonchev–Trinajstić information content (AvgIpc) is 2.96. The van der Waals surface area contributed by atoms with E-state index in [1.807, 2.05) is 108 Å². The van der Waals surface area contributed by atoms with Crippen LogP contribution in [0.15, 0.2) is 97.1 Å². The minimum atomic E-state index is -0.462. The Balaban J connectivity index is 1.49. The molecular formula is C35H33N3O3. The zero-order valence-corrected chi connectivity index (χ0v) is 23.8. The Bertz CT molecular complexity index is 1620. The molecular weight excluding hydrogens is 510 g/mol. The second-order valence-electron chi connectivity index (χ2n) is 11.3. The minimum Gasteiger partial charge on any atom is -0.479 e. The van der Waals surface area contributed by atoms with Crippen molar-refractivity contribution in [1.29, 1.82) is 5.26 Å². The van der Waals surface area contributed by atoms with Gasteiger partial charge in [0.05, 0.1) is 0 Å². The lowest BCUT2D eigenvalue weighted by Gasteiger charge is -2.51. The summed E-state index contributed by atoms with van der Waals surface area (Å²) in [6, 6.07) is 33.1. The van der Waals surface area contributed by atoms with Crippen LogP contribution in [0.2, 0.25) is 0 Å². The summed E-state index contributed by atoms with van der Waals surface area (Å²) in [5, 5.41) is 11.9. The van der Waals surface area contributed by atoms with Gasteiger partial charge in [0.1, 0.15) is 11.8 Å². The molecule has 1 aliphatic rings. The highest BCUT2D eigenvalue weighted by Gasteiger charge is 2.47. The maximum atomic E-state index is 13.2.